The van der Waals surface area contributed by atoms with Crippen LogP contribution in [0.3, 0.4) is 0 Å². The number of sulfonamides is 1. The summed E-state index contributed by atoms with van der Waals surface area (Å²) in [7, 11) is -3.17. The fourth-order valence-electron chi connectivity index (χ4n) is 2.32. The average Bonchev–Trinajstić information content (AvgIpc) is 2.95. The molecule has 5 nitrogen and oxygen atoms in total. The number of carbonyl (C=O) groups excluding carboxylic acids is 1. The van der Waals surface area contributed by atoms with Gasteiger partial charge >= 0.3 is 0 Å². The quantitative estimate of drug-likeness (QED) is 0.876. The monoisotopic (exact) mass is 302 g/mol. The van der Waals surface area contributed by atoms with Gasteiger partial charge in [-0.15, -0.1) is 11.3 Å². The molecule has 7 heteroatoms. The van der Waals surface area contributed by atoms with E-state index >= 15 is 0 Å². The van der Waals surface area contributed by atoms with Gasteiger partial charge in [0.25, 0.3) is 0 Å². The molecule has 0 aromatic carbocycles. The van der Waals surface area contributed by atoms with Crippen molar-refractivity contribution in [2.24, 2.45) is 0 Å². The Morgan fingerprint density at radius 1 is 1.58 bits per heavy atom. The Morgan fingerprint density at radius 3 is 3.00 bits per heavy atom. The molecule has 1 atom stereocenters. The molecule has 0 aliphatic carbocycles. The lowest BCUT2D eigenvalue weighted by Crippen LogP contribution is -2.42. The number of hydrogen-bond acceptors (Lipinski definition) is 4. The molecule has 2 heterocycles. The Morgan fingerprint density at radius 2 is 2.37 bits per heavy atom. The highest BCUT2D eigenvalue weighted by Gasteiger charge is 2.31. The lowest BCUT2D eigenvalue weighted by molar-refractivity contribution is -0.120. The zero-order valence-corrected chi connectivity index (χ0v) is 12.5. The van der Waals surface area contributed by atoms with Crippen LogP contribution in [0.5, 0.6) is 0 Å². The van der Waals surface area contributed by atoms with E-state index in [-0.39, 0.29) is 11.9 Å². The number of rotatable bonds is 5. The normalized spacial score (nSPS) is 20.6. The molecular weight excluding hydrogens is 284 g/mol. The number of amides is 1. The summed E-state index contributed by atoms with van der Waals surface area (Å²) in [6.07, 6.45) is 3.26. The van der Waals surface area contributed by atoms with Gasteiger partial charge < -0.3 is 5.32 Å². The molecule has 0 bridgehead atoms. The molecule has 1 aliphatic rings. The standard InChI is InChI=1S/C12H18N2O3S2/c1-19(16,17)14-6-2-4-10(14)9-13-12(15)8-11-5-3-7-18-11/h3,5,7,10H,2,4,6,8-9H2,1H3,(H,13,15). The molecule has 19 heavy (non-hydrogen) atoms. The van der Waals surface area contributed by atoms with Crippen LogP contribution in [0.2, 0.25) is 0 Å². The Hall–Kier alpha value is -0.920. The van der Waals surface area contributed by atoms with E-state index in [1.54, 1.807) is 11.3 Å². The van der Waals surface area contributed by atoms with Crippen molar-refractivity contribution in [1.29, 1.82) is 0 Å². The smallest absolute Gasteiger partial charge is 0.225 e. The molecule has 0 saturated carbocycles. The van der Waals surface area contributed by atoms with Crippen LogP contribution < -0.4 is 5.32 Å². The minimum Gasteiger partial charge on any atom is -0.354 e. The van der Waals surface area contributed by atoms with E-state index in [9.17, 15) is 13.2 Å². The SMILES string of the molecule is CS(=O)(=O)N1CCCC1CNC(=O)Cc1cccs1. The third-order valence-electron chi connectivity index (χ3n) is 3.20. The van der Waals surface area contributed by atoms with Crippen molar-refractivity contribution in [3.05, 3.63) is 22.4 Å². The topological polar surface area (TPSA) is 66.5 Å². The first-order valence-electron chi connectivity index (χ1n) is 6.23. The maximum atomic E-state index is 11.8. The lowest BCUT2D eigenvalue weighted by Gasteiger charge is -2.22. The fourth-order valence-corrected chi connectivity index (χ4v) is 4.20. The first-order chi connectivity index (χ1) is 8.97. The van der Waals surface area contributed by atoms with Gasteiger partial charge in [0.2, 0.25) is 15.9 Å². The van der Waals surface area contributed by atoms with Crippen molar-refractivity contribution >= 4 is 27.3 Å². The first-order valence-corrected chi connectivity index (χ1v) is 8.95. The number of carbonyl (C=O) groups is 1. The summed E-state index contributed by atoms with van der Waals surface area (Å²) in [5.74, 6) is -0.0530. The molecule has 1 aliphatic heterocycles. The highest BCUT2D eigenvalue weighted by molar-refractivity contribution is 7.88. The fraction of sp³-hybridized carbons (Fsp3) is 0.583. The number of hydrogen-bond donors (Lipinski definition) is 1. The van der Waals surface area contributed by atoms with Gasteiger partial charge in [0.15, 0.2) is 0 Å². The Balaban J connectivity index is 1.83. The third-order valence-corrected chi connectivity index (χ3v) is 5.41. The van der Waals surface area contributed by atoms with E-state index in [0.717, 1.165) is 17.7 Å². The van der Waals surface area contributed by atoms with Crippen LogP contribution in [0.4, 0.5) is 0 Å². The van der Waals surface area contributed by atoms with Gasteiger partial charge in [0, 0.05) is 24.0 Å². The third kappa shape index (κ3) is 4.02. The number of nitrogens with zero attached hydrogens (tertiary/aromatic N) is 1. The number of nitrogens with one attached hydrogen (secondary N) is 1. The highest BCUT2D eigenvalue weighted by Crippen LogP contribution is 2.19. The molecule has 1 aromatic heterocycles. The summed E-state index contributed by atoms with van der Waals surface area (Å²) in [6.45, 7) is 0.960. The second-order valence-electron chi connectivity index (χ2n) is 4.73. The van der Waals surface area contributed by atoms with Crippen LogP contribution in [0.1, 0.15) is 17.7 Å². The maximum Gasteiger partial charge on any atom is 0.225 e. The van der Waals surface area contributed by atoms with Crippen LogP contribution >= 0.6 is 11.3 Å². The summed E-state index contributed by atoms with van der Waals surface area (Å²) in [5.41, 5.74) is 0. The molecule has 1 saturated heterocycles. The van der Waals surface area contributed by atoms with Crippen LogP contribution in [0, 0.1) is 0 Å². The molecule has 1 fully saturated rings. The zero-order chi connectivity index (χ0) is 13.9. The van der Waals surface area contributed by atoms with Gasteiger partial charge in [0.05, 0.1) is 12.7 Å². The largest absolute Gasteiger partial charge is 0.354 e. The van der Waals surface area contributed by atoms with Crippen molar-refractivity contribution in [2.45, 2.75) is 25.3 Å². The molecular formula is C12H18N2O3S2. The Labute approximate surface area is 117 Å². The second kappa shape index (κ2) is 6.02. The Bertz CT molecular complexity index is 525. The van der Waals surface area contributed by atoms with E-state index in [1.807, 2.05) is 17.5 Å². The molecule has 0 radical (unpaired) electrons. The molecule has 1 unspecified atom stereocenters. The zero-order valence-electron chi connectivity index (χ0n) is 10.8. The van der Waals surface area contributed by atoms with E-state index in [4.69, 9.17) is 0 Å². The summed E-state index contributed by atoms with van der Waals surface area (Å²) >= 11 is 1.55. The minimum atomic E-state index is -3.17. The van der Waals surface area contributed by atoms with Crippen molar-refractivity contribution < 1.29 is 13.2 Å². The summed E-state index contributed by atoms with van der Waals surface area (Å²) in [5, 5.41) is 4.76. The van der Waals surface area contributed by atoms with Crippen molar-refractivity contribution in [2.75, 3.05) is 19.3 Å². The van der Waals surface area contributed by atoms with Crippen molar-refractivity contribution in [3.8, 4) is 0 Å². The highest BCUT2D eigenvalue weighted by atomic mass is 32.2. The van der Waals surface area contributed by atoms with E-state index in [2.05, 4.69) is 5.32 Å². The van der Waals surface area contributed by atoms with Crippen LogP contribution in [0.15, 0.2) is 17.5 Å². The van der Waals surface area contributed by atoms with Gasteiger partial charge in [-0.3, -0.25) is 4.79 Å². The molecule has 2 rings (SSSR count). The molecule has 106 valence electrons. The summed E-state index contributed by atoms with van der Waals surface area (Å²) in [6, 6.07) is 3.74. The van der Waals surface area contributed by atoms with Crippen molar-refractivity contribution in [1.82, 2.24) is 9.62 Å². The van der Waals surface area contributed by atoms with Gasteiger partial charge in [0.1, 0.15) is 0 Å². The number of thiophene rings is 1. The van der Waals surface area contributed by atoms with Crippen LogP contribution in [0.25, 0.3) is 0 Å². The Kier molecular flexibility index (Phi) is 4.59. The van der Waals surface area contributed by atoms with Gasteiger partial charge in [-0.25, -0.2) is 8.42 Å². The predicted molar refractivity (Wildman–Crippen MR) is 75.6 cm³/mol. The van der Waals surface area contributed by atoms with Crippen LogP contribution in [-0.2, 0) is 21.2 Å². The van der Waals surface area contributed by atoms with E-state index in [0.29, 0.717) is 19.5 Å². The molecule has 1 amide bonds. The molecule has 1 N–H and O–H groups in total. The second-order valence-corrected chi connectivity index (χ2v) is 7.70. The minimum absolute atomic E-state index is 0.0530. The van der Waals surface area contributed by atoms with Gasteiger partial charge in [-0.2, -0.15) is 4.31 Å². The van der Waals surface area contributed by atoms with E-state index < -0.39 is 10.0 Å². The lowest BCUT2D eigenvalue weighted by atomic mass is 10.2. The first kappa shape index (κ1) is 14.5. The maximum absolute atomic E-state index is 11.8. The summed E-state index contributed by atoms with van der Waals surface area (Å²) in [4.78, 5) is 12.8. The molecule has 0 spiro atoms. The predicted octanol–water partition coefficient (Wildman–Crippen LogP) is 0.831. The van der Waals surface area contributed by atoms with Crippen molar-refractivity contribution in [3.63, 3.8) is 0 Å². The average molecular weight is 302 g/mol. The van der Waals surface area contributed by atoms with Gasteiger partial charge in [-0.05, 0) is 24.3 Å². The summed E-state index contributed by atoms with van der Waals surface area (Å²) < 4.78 is 24.6. The molecule has 1 aromatic rings. The van der Waals surface area contributed by atoms with E-state index in [1.165, 1.54) is 10.6 Å². The van der Waals surface area contributed by atoms with Gasteiger partial charge in [-0.1, -0.05) is 6.07 Å². The van der Waals surface area contributed by atoms with Crippen LogP contribution in [-0.4, -0.2) is 44.0 Å².